The molecule has 9 nitrogen and oxygen atoms in total. The van der Waals surface area contributed by atoms with E-state index in [9.17, 15) is 18.0 Å². The first-order chi connectivity index (χ1) is 14.9. The Morgan fingerprint density at radius 2 is 1.81 bits per heavy atom. The van der Waals surface area contributed by atoms with Gasteiger partial charge in [-0.1, -0.05) is 12.1 Å². The second kappa shape index (κ2) is 8.56. The number of esters is 1. The van der Waals surface area contributed by atoms with E-state index in [1.807, 2.05) is 0 Å². The number of sulfonamides is 1. The molecule has 1 aliphatic rings. The van der Waals surface area contributed by atoms with Crippen LogP contribution in [0.3, 0.4) is 0 Å². The van der Waals surface area contributed by atoms with Crippen molar-refractivity contribution in [2.45, 2.75) is 30.7 Å². The minimum Gasteiger partial charge on any atom is -0.493 e. The van der Waals surface area contributed by atoms with Crippen LogP contribution in [0.4, 0.5) is 0 Å². The smallest absolute Gasteiger partial charge is 0.419 e. The number of fused-ring (bicyclic) bond motifs is 1. The topological polar surface area (TPSA) is 108 Å². The number of ether oxygens (including phenoxy) is 2. The summed E-state index contributed by atoms with van der Waals surface area (Å²) >= 11 is 0. The van der Waals surface area contributed by atoms with Crippen molar-refractivity contribution in [2.75, 3.05) is 20.2 Å². The lowest BCUT2D eigenvalue weighted by Gasteiger charge is -2.15. The van der Waals surface area contributed by atoms with Crippen LogP contribution in [0.2, 0.25) is 0 Å². The van der Waals surface area contributed by atoms with Crippen molar-refractivity contribution in [3.05, 3.63) is 53.0 Å². The van der Waals surface area contributed by atoms with Gasteiger partial charge < -0.3 is 13.9 Å². The zero-order valence-corrected chi connectivity index (χ0v) is 17.8. The third kappa shape index (κ3) is 4.21. The number of carbonyl (C=O) groups is 1. The fourth-order valence-electron chi connectivity index (χ4n) is 3.58. The molecule has 0 atom stereocenters. The minimum absolute atomic E-state index is 0.0258. The van der Waals surface area contributed by atoms with Gasteiger partial charge in [-0.15, -0.1) is 0 Å². The molecule has 0 radical (unpaired) electrons. The van der Waals surface area contributed by atoms with Crippen LogP contribution in [-0.4, -0.2) is 43.5 Å². The van der Waals surface area contributed by atoms with Crippen LogP contribution >= 0.6 is 0 Å². The highest BCUT2D eigenvalue weighted by atomic mass is 32.2. The van der Waals surface area contributed by atoms with E-state index in [1.54, 1.807) is 24.3 Å². The molecule has 0 aliphatic carbocycles. The van der Waals surface area contributed by atoms with Crippen LogP contribution in [0.5, 0.6) is 11.5 Å². The average molecular weight is 446 g/mol. The van der Waals surface area contributed by atoms with Crippen LogP contribution in [0.25, 0.3) is 11.1 Å². The van der Waals surface area contributed by atoms with Crippen molar-refractivity contribution in [2.24, 2.45) is 0 Å². The van der Waals surface area contributed by atoms with Crippen molar-refractivity contribution in [1.29, 1.82) is 0 Å². The van der Waals surface area contributed by atoms with Gasteiger partial charge in [0.15, 0.2) is 17.1 Å². The summed E-state index contributed by atoms with van der Waals surface area (Å²) in [5.74, 6) is -0.500. The lowest BCUT2D eigenvalue weighted by atomic mass is 10.3. The second-order valence-corrected chi connectivity index (χ2v) is 9.07. The third-order valence-corrected chi connectivity index (χ3v) is 7.07. The molecule has 3 aromatic rings. The van der Waals surface area contributed by atoms with Gasteiger partial charge in [-0.3, -0.25) is 9.36 Å². The summed E-state index contributed by atoms with van der Waals surface area (Å²) in [5.41, 5.74) is 0.568. The Kier molecular flexibility index (Phi) is 5.84. The van der Waals surface area contributed by atoms with Crippen molar-refractivity contribution < 1.29 is 27.1 Å². The van der Waals surface area contributed by atoms with Gasteiger partial charge in [-0.25, -0.2) is 13.2 Å². The Labute approximate surface area is 178 Å². The Bertz CT molecular complexity index is 1270. The molecule has 1 aliphatic heterocycles. The molecule has 4 rings (SSSR count). The monoisotopic (exact) mass is 446 g/mol. The molecule has 1 saturated heterocycles. The molecule has 1 fully saturated rings. The summed E-state index contributed by atoms with van der Waals surface area (Å²) in [6.07, 6.45) is 1.58. The summed E-state index contributed by atoms with van der Waals surface area (Å²) in [5, 5.41) is 0. The molecule has 2 aromatic carbocycles. The normalized spacial score (nSPS) is 14.7. The number of carbonyl (C=O) groups excluding carboxylic acids is 1. The molecule has 164 valence electrons. The predicted octanol–water partition coefficient (Wildman–Crippen LogP) is 2.38. The van der Waals surface area contributed by atoms with E-state index >= 15 is 0 Å². The van der Waals surface area contributed by atoms with Crippen LogP contribution in [0.15, 0.2) is 56.6 Å². The SMILES string of the molecule is COc1ccccc1OC(=O)CCn1c(=O)oc2cc(S(=O)(=O)N3CCCC3)ccc21. The maximum Gasteiger partial charge on any atom is 0.419 e. The van der Waals surface area contributed by atoms with Gasteiger partial charge >= 0.3 is 11.7 Å². The molecule has 0 unspecified atom stereocenters. The number of para-hydroxylation sites is 2. The number of aryl methyl sites for hydroxylation is 1. The molecule has 10 heteroatoms. The lowest BCUT2D eigenvalue weighted by molar-refractivity contribution is -0.134. The number of rotatable bonds is 7. The first kappa shape index (κ1) is 21.1. The van der Waals surface area contributed by atoms with E-state index in [2.05, 4.69) is 0 Å². The molecule has 0 spiro atoms. The van der Waals surface area contributed by atoms with Gasteiger partial charge in [-0.2, -0.15) is 4.31 Å². The molecule has 2 heterocycles. The number of hydrogen-bond acceptors (Lipinski definition) is 7. The quantitative estimate of drug-likeness (QED) is 0.405. The van der Waals surface area contributed by atoms with E-state index in [1.165, 1.54) is 34.2 Å². The highest BCUT2D eigenvalue weighted by Gasteiger charge is 2.28. The van der Waals surface area contributed by atoms with Crippen LogP contribution in [0.1, 0.15) is 19.3 Å². The summed E-state index contributed by atoms with van der Waals surface area (Å²) in [4.78, 5) is 24.6. The zero-order valence-electron chi connectivity index (χ0n) is 16.9. The van der Waals surface area contributed by atoms with E-state index in [4.69, 9.17) is 13.9 Å². The summed E-state index contributed by atoms with van der Waals surface area (Å²) in [7, 11) is -2.15. The summed E-state index contributed by atoms with van der Waals surface area (Å²) in [6, 6.07) is 11.1. The van der Waals surface area contributed by atoms with Gasteiger partial charge in [0.2, 0.25) is 10.0 Å². The van der Waals surface area contributed by atoms with Gasteiger partial charge in [0.25, 0.3) is 0 Å². The average Bonchev–Trinajstić information content (AvgIpc) is 3.40. The van der Waals surface area contributed by atoms with Crippen LogP contribution in [0, 0.1) is 0 Å². The molecule has 31 heavy (non-hydrogen) atoms. The number of benzene rings is 2. The Morgan fingerprint density at radius 1 is 1.10 bits per heavy atom. The highest BCUT2D eigenvalue weighted by molar-refractivity contribution is 7.89. The maximum atomic E-state index is 12.7. The standard InChI is InChI=1S/C21H22N2O7S/c1-28-17-6-2-3-7-18(17)29-20(24)10-13-23-16-9-8-15(14-19(16)30-21(23)25)31(26,27)22-11-4-5-12-22/h2-3,6-9,14H,4-5,10-13H2,1H3. The molecule has 1 aromatic heterocycles. The van der Waals surface area contributed by atoms with E-state index in [0.29, 0.717) is 24.4 Å². The summed E-state index contributed by atoms with van der Waals surface area (Å²) < 4.78 is 43.9. The predicted molar refractivity (Wildman–Crippen MR) is 112 cm³/mol. The maximum absolute atomic E-state index is 12.7. The number of methoxy groups -OCH3 is 1. The fourth-order valence-corrected chi connectivity index (χ4v) is 5.11. The van der Waals surface area contributed by atoms with Crippen molar-refractivity contribution >= 4 is 27.1 Å². The molecule has 0 saturated carbocycles. The van der Waals surface area contributed by atoms with Crippen LogP contribution < -0.4 is 15.2 Å². The van der Waals surface area contributed by atoms with Gasteiger partial charge in [0.1, 0.15) is 0 Å². The lowest BCUT2D eigenvalue weighted by Crippen LogP contribution is -2.27. The second-order valence-electron chi connectivity index (χ2n) is 7.14. The molecular weight excluding hydrogens is 424 g/mol. The van der Waals surface area contributed by atoms with Gasteiger partial charge in [-0.05, 0) is 37.1 Å². The van der Waals surface area contributed by atoms with Crippen molar-refractivity contribution in [3.8, 4) is 11.5 Å². The fraction of sp³-hybridized carbons (Fsp3) is 0.333. The van der Waals surface area contributed by atoms with E-state index < -0.39 is 21.7 Å². The largest absolute Gasteiger partial charge is 0.493 e. The molecule has 0 bridgehead atoms. The first-order valence-electron chi connectivity index (χ1n) is 9.87. The van der Waals surface area contributed by atoms with Crippen molar-refractivity contribution in [1.82, 2.24) is 8.87 Å². The van der Waals surface area contributed by atoms with E-state index in [-0.39, 0.29) is 29.2 Å². The van der Waals surface area contributed by atoms with Crippen molar-refractivity contribution in [3.63, 3.8) is 0 Å². The Morgan fingerprint density at radius 3 is 2.52 bits per heavy atom. The Balaban J connectivity index is 1.51. The molecule has 0 N–H and O–H groups in total. The molecule has 0 amide bonds. The first-order valence-corrected chi connectivity index (χ1v) is 11.3. The zero-order chi connectivity index (χ0) is 22.0. The number of oxazole rings is 1. The third-order valence-electron chi connectivity index (χ3n) is 5.17. The number of hydrogen-bond donors (Lipinski definition) is 0. The number of aromatic nitrogens is 1. The van der Waals surface area contributed by atoms with Gasteiger partial charge in [0, 0.05) is 25.7 Å². The summed E-state index contributed by atoms with van der Waals surface area (Å²) in [6.45, 7) is 0.997. The Hall–Kier alpha value is -3.11. The van der Waals surface area contributed by atoms with E-state index in [0.717, 1.165) is 12.8 Å². The number of nitrogens with zero attached hydrogens (tertiary/aromatic N) is 2. The molecular formula is C21H22N2O7S. The van der Waals surface area contributed by atoms with Gasteiger partial charge in [0.05, 0.1) is 23.9 Å². The minimum atomic E-state index is -3.62. The van der Waals surface area contributed by atoms with Crippen LogP contribution in [-0.2, 0) is 21.4 Å². The highest BCUT2D eigenvalue weighted by Crippen LogP contribution is 2.27.